The van der Waals surface area contributed by atoms with E-state index in [2.05, 4.69) is 18.0 Å². The van der Waals surface area contributed by atoms with E-state index in [1.54, 1.807) is 7.11 Å². The molecular formula is C15H20N2O. The molecule has 0 aliphatic carbocycles. The molecule has 1 aromatic carbocycles. The van der Waals surface area contributed by atoms with Gasteiger partial charge in [-0.05, 0) is 49.6 Å². The van der Waals surface area contributed by atoms with Crippen molar-refractivity contribution in [2.45, 2.75) is 20.3 Å². The van der Waals surface area contributed by atoms with Crippen LogP contribution in [0, 0.1) is 12.8 Å². The van der Waals surface area contributed by atoms with Crippen LogP contribution in [0.5, 0.6) is 5.75 Å². The summed E-state index contributed by atoms with van der Waals surface area (Å²) in [6.45, 7) is 4.88. The summed E-state index contributed by atoms with van der Waals surface area (Å²) in [5.74, 6) is 1.35. The van der Waals surface area contributed by atoms with Crippen LogP contribution in [0.3, 0.4) is 0 Å². The molecule has 1 aromatic heterocycles. The number of aryl methyl sites for hydroxylation is 1. The molecule has 1 unspecified atom stereocenters. The lowest BCUT2D eigenvalue weighted by atomic mass is 9.97. The summed E-state index contributed by atoms with van der Waals surface area (Å²) in [5.41, 5.74) is 9.03. The third-order valence-electron chi connectivity index (χ3n) is 3.20. The van der Waals surface area contributed by atoms with Crippen molar-refractivity contribution in [2.24, 2.45) is 11.7 Å². The summed E-state index contributed by atoms with van der Waals surface area (Å²) in [5, 5.41) is 1.12. The molecule has 0 spiro atoms. The maximum atomic E-state index is 5.73. The Bertz CT molecular complexity index is 551. The Hall–Kier alpha value is -1.61. The highest BCUT2D eigenvalue weighted by molar-refractivity contribution is 5.88. The molecule has 3 heteroatoms. The minimum atomic E-state index is 0.458. The molecule has 0 fully saturated rings. The molecule has 0 amide bonds. The average Bonchev–Trinajstić information content (AvgIpc) is 2.37. The molecule has 3 nitrogen and oxygen atoms in total. The molecule has 0 saturated carbocycles. The molecular weight excluding hydrogens is 224 g/mol. The van der Waals surface area contributed by atoms with E-state index in [1.165, 1.54) is 5.56 Å². The summed E-state index contributed by atoms with van der Waals surface area (Å²) >= 11 is 0. The van der Waals surface area contributed by atoms with E-state index < -0.39 is 0 Å². The number of fused-ring (bicyclic) bond motifs is 1. The molecule has 1 atom stereocenters. The van der Waals surface area contributed by atoms with E-state index in [9.17, 15) is 0 Å². The van der Waals surface area contributed by atoms with Gasteiger partial charge in [0.25, 0.3) is 0 Å². The Balaban J connectivity index is 2.61. The summed E-state index contributed by atoms with van der Waals surface area (Å²) in [6.07, 6.45) is 0.955. The van der Waals surface area contributed by atoms with Crippen LogP contribution in [0.2, 0.25) is 0 Å². The van der Waals surface area contributed by atoms with E-state index >= 15 is 0 Å². The normalized spacial score (nSPS) is 12.7. The van der Waals surface area contributed by atoms with Gasteiger partial charge in [-0.15, -0.1) is 0 Å². The van der Waals surface area contributed by atoms with Crippen LogP contribution < -0.4 is 10.5 Å². The number of hydrogen-bond donors (Lipinski definition) is 1. The van der Waals surface area contributed by atoms with Crippen molar-refractivity contribution in [3.8, 4) is 5.75 Å². The lowest BCUT2D eigenvalue weighted by molar-refractivity contribution is 0.419. The maximum absolute atomic E-state index is 5.73. The number of methoxy groups -OCH3 is 1. The third-order valence-corrected chi connectivity index (χ3v) is 3.20. The van der Waals surface area contributed by atoms with Gasteiger partial charge in [0.15, 0.2) is 0 Å². The molecule has 0 saturated heterocycles. The van der Waals surface area contributed by atoms with Gasteiger partial charge in [-0.1, -0.05) is 13.0 Å². The zero-order valence-corrected chi connectivity index (χ0v) is 11.2. The van der Waals surface area contributed by atoms with Crippen LogP contribution in [-0.4, -0.2) is 18.6 Å². The molecule has 0 aliphatic rings. The molecule has 1 heterocycles. The van der Waals surface area contributed by atoms with Crippen molar-refractivity contribution in [1.82, 2.24) is 4.98 Å². The molecule has 96 valence electrons. The van der Waals surface area contributed by atoms with Crippen molar-refractivity contribution in [1.29, 1.82) is 0 Å². The fourth-order valence-corrected chi connectivity index (χ4v) is 2.27. The van der Waals surface area contributed by atoms with Crippen LogP contribution in [-0.2, 0) is 6.42 Å². The quantitative estimate of drug-likeness (QED) is 0.899. The van der Waals surface area contributed by atoms with E-state index in [1.807, 2.05) is 25.1 Å². The van der Waals surface area contributed by atoms with Crippen LogP contribution in [0.25, 0.3) is 10.9 Å². The van der Waals surface area contributed by atoms with Crippen molar-refractivity contribution in [3.63, 3.8) is 0 Å². The van der Waals surface area contributed by atoms with Crippen molar-refractivity contribution >= 4 is 10.9 Å². The summed E-state index contributed by atoms with van der Waals surface area (Å²) in [4.78, 5) is 4.57. The predicted octanol–water partition coefficient (Wildman–Crippen LogP) is 2.69. The van der Waals surface area contributed by atoms with Gasteiger partial charge < -0.3 is 10.5 Å². The summed E-state index contributed by atoms with van der Waals surface area (Å²) in [6, 6.07) is 8.12. The Morgan fingerprint density at radius 3 is 2.83 bits per heavy atom. The third kappa shape index (κ3) is 2.46. The van der Waals surface area contributed by atoms with E-state index in [-0.39, 0.29) is 0 Å². The molecule has 2 N–H and O–H groups in total. The first kappa shape index (κ1) is 12.8. The molecule has 2 aromatic rings. The van der Waals surface area contributed by atoms with E-state index in [0.717, 1.165) is 28.8 Å². The lowest BCUT2D eigenvalue weighted by Crippen LogP contribution is -2.13. The highest BCUT2D eigenvalue weighted by atomic mass is 16.5. The Kier molecular flexibility index (Phi) is 3.82. The van der Waals surface area contributed by atoms with Gasteiger partial charge in [0.05, 0.1) is 12.6 Å². The summed E-state index contributed by atoms with van der Waals surface area (Å²) < 4.78 is 5.45. The Labute approximate surface area is 108 Å². The molecule has 0 aliphatic heterocycles. The lowest BCUT2D eigenvalue weighted by Gasteiger charge is -2.14. The van der Waals surface area contributed by atoms with Gasteiger partial charge in [0.2, 0.25) is 0 Å². The second-order valence-corrected chi connectivity index (χ2v) is 4.82. The molecule has 0 radical (unpaired) electrons. The topological polar surface area (TPSA) is 48.1 Å². The highest BCUT2D eigenvalue weighted by Gasteiger charge is 2.11. The Morgan fingerprint density at radius 1 is 1.39 bits per heavy atom. The molecule has 0 bridgehead atoms. The van der Waals surface area contributed by atoms with Crippen molar-refractivity contribution < 1.29 is 4.74 Å². The first-order valence-electron chi connectivity index (χ1n) is 6.29. The van der Waals surface area contributed by atoms with Crippen LogP contribution in [0.1, 0.15) is 18.2 Å². The van der Waals surface area contributed by atoms with Crippen LogP contribution in [0.4, 0.5) is 0 Å². The highest BCUT2D eigenvalue weighted by Crippen LogP contribution is 2.29. The number of hydrogen-bond acceptors (Lipinski definition) is 3. The fraction of sp³-hybridized carbons (Fsp3) is 0.400. The number of rotatable bonds is 4. The fourth-order valence-electron chi connectivity index (χ4n) is 2.27. The number of nitrogens with zero attached hydrogens (tertiary/aromatic N) is 1. The zero-order valence-electron chi connectivity index (χ0n) is 11.2. The second-order valence-electron chi connectivity index (χ2n) is 4.82. The first-order chi connectivity index (χ1) is 8.65. The first-order valence-corrected chi connectivity index (χ1v) is 6.29. The standard InChI is InChI=1S/C15H20N2O/c1-10(9-16)7-12-8-11(2)17-13-5-4-6-14(18-3)15(12)13/h4-6,8,10H,7,9,16H2,1-3H3. The van der Waals surface area contributed by atoms with Gasteiger partial charge in [-0.25, -0.2) is 0 Å². The van der Waals surface area contributed by atoms with Crippen molar-refractivity contribution in [2.75, 3.05) is 13.7 Å². The molecule has 2 rings (SSSR count). The van der Waals surface area contributed by atoms with Gasteiger partial charge >= 0.3 is 0 Å². The predicted molar refractivity (Wildman–Crippen MR) is 75.0 cm³/mol. The van der Waals surface area contributed by atoms with E-state index in [4.69, 9.17) is 10.5 Å². The minimum Gasteiger partial charge on any atom is -0.496 e. The second kappa shape index (κ2) is 5.36. The largest absolute Gasteiger partial charge is 0.496 e. The summed E-state index contributed by atoms with van der Waals surface area (Å²) in [7, 11) is 1.70. The van der Waals surface area contributed by atoms with Gasteiger partial charge in [0, 0.05) is 11.1 Å². The number of aromatic nitrogens is 1. The van der Waals surface area contributed by atoms with Gasteiger partial charge in [-0.2, -0.15) is 0 Å². The monoisotopic (exact) mass is 244 g/mol. The van der Waals surface area contributed by atoms with E-state index in [0.29, 0.717) is 12.5 Å². The number of benzene rings is 1. The van der Waals surface area contributed by atoms with Gasteiger partial charge in [0.1, 0.15) is 5.75 Å². The minimum absolute atomic E-state index is 0.458. The van der Waals surface area contributed by atoms with Crippen LogP contribution >= 0.6 is 0 Å². The molecule has 18 heavy (non-hydrogen) atoms. The maximum Gasteiger partial charge on any atom is 0.128 e. The van der Waals surface area contributed by atoms with Crippen LogP contribution in [0.15, 0.2) is 24.3 Å². The SMILES string of the molecule is COc1cccc2nc(C)cc(CC(C)CN)c12. The van der Waals surface area contributed by atoms with Gasteiger partial charge in [-0.3, -0.25) is 4.98 Å². The number of ether oxygens (including phenoxy) is 1. The number of pyridine rings is 1. The average molecular weight is 244 g/mol. The zero-order chi connectivity index (χ0) is 13.1. The Morgan fingerprint density at radius 2 is 2.17 bits per heavy atom. The number of nitrogens with two attached hydrogens (primary N) is 1. The van der Waals surface area contributed by atoms with Crippen molar-refractivity contribution in [3.05, 3.63) is 35.5 Å². The smallest absolute Gasteiger partial charge is 0.128 e.